The lowest BCUT2D eigenvalue weighted by Crippen LogP contribution is -2.47. The minimum absolute atomic E-state index is 0.00521. The Kier molecular flexibility index (Phi) is 11.3. The highest BCUT2D eigenvalue weighted by molar-refractivity contribution is 7.90. The fourth-order valence-corrected chi connectivity index (χ4v) is 9.69. The second kappa shape index (κ2) is 15.5. The van der Waals surface area contributed by atoms with Crippen LogP contribution in [0.4, 0.5) is 5.69 Å². The molecule has 1 saturated heterocycles. The lowest BCUT2D eigenvalue weighted by Gasteiger charge is -2.47. The molecule has 3 aliphatic heterocycles. The zero-order chi connectivity index (χ0) is 33.0. The third-order valence-corrected chi connectivity index (χ3v) is 12.8. The van der Waals surface area contributed by atoms with Gasteiger partial charge in [0.1, 0.15) is 17.6 Å². The van der Waals surface area contributed by atoms with Crippen molar-refractivity contribution in [3.05, 3.63) is 58.1 Å². The van der Waals surface area contributed by atoms with Crippen molar-refractivity contribution in [1.29, 1.82) is 0 Å². The molecule has 0 aromatic heterocycles. The molecule has 2 fully saturated rings. The summed E-state index contributed by atoms with van der Waals surface area (Å²) in [6.07, 6.45) is 8.16. The molecule has 2 bridgehead atoms. The van der Waals surface area contributed by atoms with Crippen molar-refractivity contribution < 1.29 is 32.2 Å². The van der Waals surface area contributed by atoms with Crippen LogP contribution in [0.1, 0.15) is 79.8 Å². The Hall–Kier alpha value is -2.37. The van der Waals surface area contributed by atoms with Crippen LogP contribution in [0.5, 0.6) is 5.75 Å². The quantitative estimate of drug-likeness (QED) is 0.398. The van der Waals surface area contributed by atoms with Gasteiger partial charge in [0.25, 0.3) is 5.91 Å². The topological polar surface area (TPSA) is 103 Å². The minimum atomic E-state index is -4.03. The second-order valence-electron chi connectivity index (χ2n) is 13.8. The molecule has 4 aliphatic rings. The van der Waals surface area contributed by atoms with Crippen molar-refractivity contribution in [1.82, 2.24) is 4.72 Å². The van der Waals surface area contributed by atoms with Crippen LogP contribution in [0.15, 0.2) is 36.4 Å². The molecular formula is C36H49ClN2O7S. The molecule has 3 heterocycles. The number of fused-ring (bicyclic) bond motifs is 3. The molecule has 1 N–H and O–H groups in total. The van der Waals surface area contributed by atoms with Crippen molar-refractivity contribution in [2.24, 2.45) is 23.7 Å². The summed E-state index contributed by atoms with van der Waals surface area (Å²) >= 11 is 6.36. The molecule has 1 amide bonds. The Labute approximate surface area is 284 Å². The molecule has 0 spiro atoms. The Morgan fingerprint density at radius 2 is 1.79 bits per heavy atom. The first-order chi connectivity index (χ1) is 22.7. The van der Waals surface area contributed by atoms with E-state index in [0.29, 0.717) is 48.8 Å². The summed E-state index contributed by atoms with van der Waals surface area (Å²) in [5.74, 6) is 0.916. The van der Waals surface area contributed by atoms with Gasteiger partial charge in [-0.2, -0.15) is 0 Å². The number of hydrogen-bond acceptors (Lipinski definition) is 8. The first-order valence-corrected chi connectivity index (χ1v) is 19.2. The summed E-state index contributed by atoms with van der Waals surface area (Å²) in [5, 5.41) is -0.149. The number of benzene rings is 2. The van der Waals surface area contributed by atoms with Crippen molar-refractivity contribution in [3.8, 4) is 5.75 Å². The molecule has 258 valence electrons. The van der Waals surface area contributed by atoms with Crippen LogP contribution in [0.3, 0.4) is 0 Å². The van der Waals surface area contributed by atoms with Crippen LogP contribution in [0.2, 0.25) is 5.02 Å². The lowest BCUT2D eigenvalue weighted by atomic mass is 9.65. The largest absolute Gasteiger partial charge is 0.487 e. The van der Waals surface area contributed by atoms with Crippen molar-refractivity contribution in [2.45, 2.75) is 82.9 Å². The molecule has 9 nitrogen and oxygen atoms in total. The van der Waals surface area contributed by atoms with E-state index in [0.717, 1.165) is 75.7 Å². The van der Waals surface area contributed by atoms with Gasteiger partial charge in [0, 0.05) is 36.7 Å². The average molecular weight is 689 g/mol. The van der Waals surface area contributed by atoms with E-state index in [-0.39, 0.29) is 30.3 Å². The Morgan fingerprint density at radius 3 is 2.55 bits per heavy atom. The van der Waals surface area contributed by atoms with Crippen LogP contribution >= 0.6 is 11.6 Å². The number of nitrogens with one attached hydrogen (secondary N) is 1. The number of anilines is 1. The second-order valence-corrected chi connectivity index (χ2v) is 16.1. The van der Waals surface area contributed by atoms with E-state index in [1.54, 1.807) is 18.2 Å². The molecule has 0 radical (unpaired) electrons. The maximum absolute atomic E-state index is 13.7. The maximum Gasteiger partial charge on any atom is 0.264 e. The van der Waals surface area contributed by atoms with Crippen LogP contribution < -0.4 is 14.4 Å². The van der Waals surface area contributed by atoms with Gasteiger partial charge in [-0.1, -0.05) is 31.0 Å². The third kappa shape index (κ3) is 8.10. The summed E-state index contributed by atoms with van der Waals surface area (Å²) in [5.41, 5.74) is 3.37. The zero-order valence-corrected chi connectivity index (χ0v) is 29.2. The normalized spacial score (nSPS) is 29.2. The average Bonchev–Trinajstić information content (AvgIpc) is 3.07. The number of sulfonamides is 1. The van der Waals surface area contributed by atoms with Crippen molar-refractivity contribution in [3.63, 3.8) is 0 Å². The van der Waals surface area contributed by atoms with E-state index in [9.17, 15) is 13.2 Å². The number of amides is 1. The molecule has 5 atom stereocenters. The minimum Gasteiger partial charge on any atom is -0.487 e. The summed E-state index contributed by atoms with van der Waals surface area (Å²) in [6.45, 7) is 5.32. The summed E-state index contributed by atoms with van der Waals surface area (Å²) in [7, 11) is -2.53. The fourth-order valence-electron chi connectivity index (χ4n) is 7.90. The van der Waals surface area contributed by atoms with Gasteiger partial charge in [0.05, 0.1) is 25.5 Å². The Bertz CT molecular complexity index is 1500. The SMILES string of the molecule is COC[C@H]1[C@@H](C)CCC[C@@H](C2OCCCO2)[C@@H]2CC[C@H]2CN2CCCCc3cc(Cl)ccc3COc3ccc(cc32)C(=O)NS1(=O)=O. The zero-order valence-electron chi connectivity index (χ0n) is 27.6. The molecule has 1 aliphatic carbocycles. The number of carbonyl (C=O) groups excluding carboxylic acids is 1. The van der Waals surface area contributed by atoms with Crippen LogP contribution in [0.25, 0.3) is 0 Å². The van der Waals surface area contributed by atoms with Gasteiger partial charge in [-0.15, -0.1) is 0 Å². The van der Waals surface area contributed by atoms with E-state index in [4.69, 9.17) is 30.5 Å². The van der Waals surface area contributed by atoms with Gasteiger partial charge in [0.15, 0.2) is 6.29 Å². The van der Waals surface area contributed by atoms with Gasteiger partial charge < -0.3 is 23.8 Å². The van der Waals surface area contributed by atoms with Gasteiger partial charge in [0.2, 0.25) is 10.0 Å². The molecule has 1 saturated carbocycles. The van der Waals surface area contributed by atoms with Gasteiger partial charge >= 0.3 is 0 Å². The predicted octanol–water partition coefficient (Wildman–Crippen LogP) is 6.36. The number of ether oxygens (including phenoxy) is 4. The number of hydrogen-bond donors (Lipinski definition) is 1. The molecule has 47 heavy (non-hydrogen) atoms. The fraction of sp³-hybridized carbons (Fsp3) is 0.639. The van der Waals surface area contributed by atoms with Crippen LogP contribution in [0, 0.1) is 23.7 Å². The molecule has 11 heteroatoms. The number of halogens is 1. The highest BCUT2D eigenvalue weighted by Crippen LogP contribution is 2.46. The van der Waals surface area contributed by atoms with E-state index >= 15 is 0 Å². The maximum atomic E-state index is 13.7. The van der Waals surface area contributed by atoms with E-state index in [1.165, 1.54) is 12.7 Å². The van der Waals surface area contributed by atoms with Gasteiger partial charge in [-0.25, -0.2) is 13.1 Å². The Balaban J connectivity index is 1.38. The molecule has 0 unspecified atom stereocenters. The number of methoxy groups -OCH3 is 1. The predicted molar refractivity (Wildman–Crippen MR) is 182 cm³/mol. The number of rotatable bonds is 3. The highest BCUT2D eigenvalue weighted by atomic mass is 35.5. The Morgan fingerprint density at radius 1 is 0.957 bits per heavy atom. The van der Waals surface area contributed by atoms with E-state index < -0.39 is 21.2 Å². The lowest BCUT2D eigenvalue weighted by molar-refractivity contribution is -0.224. The first-order valence-electron chi connectivity index (χ1n) is 17.3. The number of nitrogens with zero attached hydrogens (tertiary/aromatic N) is 1. The molecule has 2 aromatic rings. The third-order valence-electron chi connectivity index (χ3n) is 10.7. The number of aryl methyl sites for hydroxylation is 1. The van der Waals surface area contributed by atoms with Gasteiger partial charge in [-0.05, 0) is 111 Å². The number of carbonyl (C=O) groups is 1. The molecular weight excluding hydrogens is 640 g/mol. The van der Waals surface area contributed by atoms with Crippen LogP contribution in [-0.4, -0.2) is 65.9 Å². The standard InChI is InChI=1S/C36H49ClN2O7S/c1-24-7-5-9-31(36-44-17-6-18-45-36)30-14-11-27(30)21-39-16-4-3-8-25-19-29(37)13-10-28(25)22-46-33-15-12-26(20-32(33)39)35(40)38-47(41,42)34(24)23-43-2/h10,12-13,15,19-20,24,27,30-31,34,36H,3-9,11,14,16-18,21-23H2,1-2H3,(H,38,40)/t24-,27-,30+,31+,34-/m0/s1. The highest BCUT2D eigenvalue weighted by Gasteiger charge is 2.43. The summed E-state index contributed by atoms with van der Waals surface area (Å²) in [6, 6.07) is 11.2. The summed E-state index contributed by atoms with van der Waals surface area (Å²) in [4.78, 5) is 16.0. The van der Waals surface area contributed by atoms with Crippen LogP contribution in [-0.2, 0) is 37.3 Å². The smallest absolute Gasteiger partial charge is 0.264 e. The van der Waals surface area contributed by atoms with Gasteiger partial charge in [-0.3, -0.25) is 4.79 Å². The van der Waals surface area contributed by atoms with E-state index in [2.05, 4.69) is 9.62 Å². The molecule has 2 aromatic carbocycles. The van der Waals surface area contributed by atoms with E-state index in [1.807, 2.05) is 25.1 Å². The molecule has 6 rings (SSSR count). The monoisotopic (exact) mass is 688 g/mol. The first kappa shape index (κ1) is 34.5. The van der Waals surface area contributed by atoms with Crippen molar-refractivity contribution in [2.75, 3.05) is 44.9 Å². The van der Waals surface area contributed by atoms with Crippen molar-refractivity contribution >= 4 is 33.2 Å². The summed E-state index contributed by atoms with van der Waals surface area (Å²) < 4.78 is 54.1.